The number of carbonyl (C=O) groups excluding carboxylic acids is 2. The Bertz CT molecular complexity index is 1180. The van der Waals surface area contributed by atoms with Crippen molar-refractivity contribution in [1.82, 2.24) is 9.88 Å². The molecule has 0 atom stereocenters. The van der Waals surface area contributed by atoms with Crippen LogP contribution in [0.2, 0.25) is 0 Å². The molecule has 0 bridgehead atoms. The molecule has 168 valence electrons. The lowest BCUT2D eigenvalue weighted by molar-refractivity contribution is -0.121. The minimum Gasteiger partial charge on any atom is -0.490 e. The zero-order valence-electron chi connectivity index (χ0n) is 17.3. The van der Waals surface area contributed by atoms with E-state index < -0.39 is 23.4 Å². The number of amides is 1. The van der Waals surface area contributed by atoms with Crippen LogP contribution in [-0.2, 0) is 17.9 Å². The Labute approximate surface area is 181 Å². The van der Waals surface area contributed by atoms with Crippen molar-refractivity contribution in [3.63, 3.8) is 0 Å². The number of Topliss-reactive ketones (excluding diaryl/α,β-unsaturated/α-hetero) is 1. The van der Waals surface area contributed by atoms with E-state index in [0.29, 0.717) is 30.2 Å². The quantitative estimate of drug-likeness (QED) is 0.598. The lowest BCUT2D eigenvalue weighted by Gasteiger charge is -2.13. The van der Waals surface area contributed by atoms with Crippen molar-refractivity contribution < 1.29 is 32.2 Å². The molecule has 1 aromatic heterocycles. The molecule has 0 radical (unpaired) electrons. The maximum absolute atomic E-state index is 13.0. The normalized spacial score (nSPS) is 13.6. The number of ketones is 1. The van der Waals surface area contributed by atoms with E-state index in [-0.39, 0.29) is 18.5 Å². The average molecular weight is 446 g/mol. The van der Waals surface area contributed by atoms with Crippen LogP contribution in [0.25, 0.3) is 10.9 Å². The van der Waals surface area contributed by atoms with E-state index in [2.05, 4.69) is 5.32 Å². The smallest absolute Gasteiger partial charge is 0.454 e. The molecule has 1 N–H and O–H groups in total. The van der Waals surface area contributed by atoms with Crippen LogP contribution in [0.5, 0.6) is 11.5 Å². The zero-order valence-corrected chi connectivity index (χ0v) is 17.3. The van der Waals surface area contributed by atoms with E-state index in [4.69, 9.17) is 9.47 Å². The van der Waals surface area contributed by atoms with E-state index in [9.17, 15) is 22.8 Å². The van der Waals surface area contributed by atoms with Gasteiger partial charge < -0.3 is 19.4 Å². The van der Waals surface area contributed by atoms with E-state index in [1.807, 2.05) is 19.1 Å². The van der Waals surface area contributed by atoms with Crippen molar-refractivity contribution in [3.05, 3.63) is 59.3 Å². The third-order valence-electron chi connectivity index (χ3n) is 5.29. The Kier molecular flexibility index (Phi) is 5.82. The molecular formula is C23H21F3N2O4. The highest BCUT2D eigenvalue weighted by molar-refractivity contribution is 6.10. The Balaban J connectivity index is 1.51. The van der Waals surface area contributed by atoms with E-state index >= 15 is 0 Å². The molecule has 3 aromatic rings. The number of benzene rings is 2. The van der Waals surface area contributed by atoms with Gasteiger partial charge in [-0.05, 0) is 36.2 Å². The molecule has 0 saturated carbocycles. The number of hydrogen-bond acceptors (Lipinski definition) is 4. The van der Waals surface area contributed by atoms with Gasteiger partial charge in [-0.1, -0.05) is 18.2 Å². The first-order chi connectivity index (χ1) is 15.2. The molecule has 2 heterocycles. The van der Waals surface area contributed by atoms with Crippen LogP contribution in [0.15, 0.2) is 42.6 Å². The summed E-state index contributed by atoms with van der Waals surface area (Å²) in [4.78, 5) is 24.4. The fourth-order valence-corrected chi connectivity index (χ4v) is 3.66. The molecule has 2 aromatic carbocycles. The standard InChI is InChI=1S/C23H21F3N2O4/c1-14-9-19-20(32-8-4-7-31-19)10-15(14)11-27-21(29)13-28-12-17(22(30)23(24,25)26)16-5-2-3-6-18(16)28/h2-3,5-6,9-10,12H,4,7-8,11,13H2,1H3,(H,27,29). The lowest BCUT2D eigenvalue weighted by atomic mass is 10.1. The number of hydrogen-bond donors (Lipinski definition) is 1. The Morgan fingerprint density at radius 1 is 1.09 bits per heavy atom. The van der Waals surface area contributed by atoms with Crippen molar-refractivity contribution in [3.8, 4) is 11.5 Å². The third kappa shape index (κ3) is 4.42. The SMILES string of the molecule is Cc1cc2c(cc1CNC(=O)Cn1cc(C(=O)C(F)(F)F)c3ccccc31)OCCCO2. The number of para-hydroxylation sites is 1. The Morgan fingerprint density at radius 3 is 2.50 bits per heavy atom. The predicted octanol–water partition coefficient (Wildman–Crippen LogP) is 4.17. The fourth-order valence-electron chi connectivity index (χ4n) is 3.66. The van der Waals surface area contributed by atoms with Crippen molar-refractivity contribution >= 4 is 22.6 Å². The second-order valence-corrected chi connectivity index (χ2v) is 7.57. The van der Waals surface area contributed by atoms with Crippen LogP contribution in [0.4, 0.5) is 13.2 Å². The van der Waals surface area contributed by atoms with E-state index in [1.165, 1.54) is 10.6 Å². The molecule has 0 aliphatic carbocycles. The first kappa shape index (κ1) is 21.7. The molecule has 1 amide bonds. The maximum Gasteiger partial charge on any atom is 0.454 e. The van der Waals surface area contributed by atoms with Crippen LogP contribution >= 0.6 is 0 Å². The molecule has 0 saturated heterocycles. The van der Waals surface area contributed by atoms with Crippen molar-refractivity contribution in [1.29, 1.82) is 0 Å². The number of carbonyl (C=O) groups is 2. The lowest BCUT2D eigenvalue weighted by Crippen LogP contribution is -2.27. The molecule has 32 heavy (non-hydrogen) atoms. The maximum atomic E-state index is 13.0. The van der Waals surface area contributed by atoms with Crippen LogP contribution in [-0.4, -0.2) is 35.6 Å². The van der Waals surface area contributed by atoms with Gasteiger partial charge in [0.2, 0.25) is 5.91 Å². The minimum atomic E-state index is -4.99. The van der Waals surface area contributed by atoms with Gasteiger partial charge in [0.15, 0.2) is 11.5 Å². The number of rotatable bonds is 5. The minimum absolute atomic E-state index is 0.154. The van der Waals surface area contributed by atoms with Gasteiger partial charge in [-0.2, -0.15) is 13.2 Å². The second-order valence-electron chi connectivity index (χ2n) is 7.57. The number of ether oxygens (including phenoxy) is 2. The molecule has 0 unspecified atom stereocenters. The van der Waals surface area contributed by atoms with Crippen molar-refractivity contribution in [2.75, 3.05) is 13.2 Å². The van der Waals surface area contributed by atoms with Gasteiger partial charge in [0.05, 0.1) is 18.8 Å². The summed E-state index contributed by atoms with van der Waals surface area (Å²) in [6.07, 6.45) is -3.13. The summed E-state index contributed by atoms with van der Waals surface area (Å²) in [5.41, 5.74) is 1.66. The highest BCUT2D eigenvalue weighted by atomic mass is 19.4. The molecule has 0 spiro atoms. The molecule has 1 aliphatic heterocycles. The van der Waals surface area contributed by atoms with Crippen molar-refractivity contribution in [2.45, 2.75) is 32.6 Å². The molecular weight excluding hydrogens is 425 g/mol. The van der Waals surface area contributed by atoms with Gasteiger partial charge in [0, 0.05) is 30.1 Å². The van der Waals surface area contributed by atoms with Crippen LogP contribution in [0.1, 0.15) is 27.9 Å². The molecule has 9 heteroatoms. The summed E-state index contributed by atoms with van der Waals surface area (Å²) >= 11 is 0. The fraction of sp³-hybridized carbons (Fsp3) is 0.304. The molecule has 4 rings (SSSR count). The van der Waals surface area contributed by atoms with Gasteiger partial charge in [-0.25, -0.2) is 0 Å². The summed E-state index contributed by atoms with van der Waals surface area (Å²) < 4.78 is 51.6. The number of nitrogens with zero attached hydrogens (tertiary/aromatic N) is 1. The Hall–Kier alpha value is -3.49. The topological polar surface area (TPSA) is 69.6 Å². The summed E-state index contributed by atoms with van der Waals surface area (Å²) in [6.45, 7) is 3.00. The van der Waals surface area contributed by atoms with Gasteiger partial charge in [0.25, 0.3) is 5.78 Å². The predicted molar refractivity (Wildman–Crippen MR) is 111 cm³/mol. The third-order valence-corrected chi connectivity index (χ3v) is 5.29. The average Bonchev–Trinajstić information content (AvgIpc) is 2.94. The Morgan fingerprint density at radius 2 is 1.78 bits per heavy atom. The molecule has 0 fully saturated rings. The number of alkyl halides is 3. The van der Waals surface area contributed by atoms with Gasteiger partial charge in [-0.3, -0.25) is 9.59 Å². The van der Waals surface area contributed by atoms with Crippen molar-refractivity contribution in [2.24, 2.45) is 0 Å². The summed E-state index contributed by atoms with van der Waals surface area (Å²) in [6, 6.07) is 9.87. The van der Waals surface area contributed by atoms with E-state index in [1.54, 1.807) is 18.2 Å². The van der Waals surface area contributed by atoms with E-state index in [0.717, 1.165) is 23.7 Å². The van der Waals surface area contributed by atoms with Crippen LogP contribution in [0, 0.1) is 6.92 Å². The summed E-state index contributed by atoms with van der Waals surface area (Å²) in [5, 5.41) is 2.93. The highest BCUT2D eigenvalue weighted by Gasteiger charge is 2.40. The molecule has 6 nitrogen and oxygen atoms in total. The summed E-state index contributed by atoms with van der Waals surface area (Å²) in [7, 11) is 0. The van der Waals surface area contributed by atoms with Crippen LogP contribution in [0.3, 0.4) is 0 Å². The van der Waals surface area contributed by atoms with Gasteiger partial charge in [0.1, 0.15) is 6.54 Å². The highest BCUT2D eigenvalue weighted by Crippen LogP contribution is 2.33. The number of fused-ring (bicyclic) bond motifs is 2. The monoisotopic (exact) mass is 446 g/mol. The number of aryl methyl sites for hydroxylation is 1. The molecule has 1 aliphatic rings. The first-order valence-corrected chi connectivity index (χ1v) is 10.1. The number of nitrogens with one attached hydrogen (secondary N) is 1. The van der Waals surface area contributed by atoms with Gasteiger partial charge in [-0.15, -0.1) is 0 Å². The summed E-state index contributed by atoms with van der Waals surface area (Å²) in [5.74, 6) is -1.06. The number of aromatic nitrogens is 1. The van der Waals surface area contributed by atoms with Crippen LogP contribution < -0.4 is 14.8 Å². The largest absolute Gasteiger partial charge is 0.490 e. The zero-order chi connectivity index (χ0) is 22.9. The number of halogens is 3. The first-order valence-electron chi connectivity index (χ1n) is 10.1. The van der Waals surface area contributed by atoms with Gasteiger partial charge >= 0.3 is 6.18 Å². The second kappa shape index (κ2) is 8.57.